The van der Waals surface area contributed by atoms with Crippen molar-refractivity contribution in [1.29, 1.82) is 0 Å². The van der Waals surface area contributed by atoms with Gasteiger partial charge in [0.1, 0.15) is 6.61 Å². The maximum atomic E-state index is 11.7. The first-order valence-electron chi connectivity index (χ1n) is 5.90. The normalized spacial score (nSPS) is 20.1. The molecule has 1 N–H and O–H groups in total. The summed E-state index contributed by atoms with van der Waals surface area (Å²) in [6, 6.07) is 4.12. The minimum atomic E-state index is -0.0380. The highest BCUT2D eigenvalue weighted by Gasteiger charge is 2.21. The number of piperidine rings is 1. The van der Waals surface area contributed by atoms with Gasteiger partial charge in [0, 0.05) is 12.3 Å². The fourth-order valence-electron chi connectivity index (χ4n) is 1.80. The molecule has 0 aromatic carbocycles. The molecule has 0 bridgehead atoms. The van der Waals surface area contributed by atoms with Crippen molar-refractivity contribution in [3.8, 4) is 0 Å². The first-order valence-corrected chi connectivity index (χ1v) is 7.76. The van der Waals surface area contributed by atoms with Gasteiger partial charge < -0.3 is 10.1 Å². The molecule has 1 aliphatic heterocycles. The molecule has 1 aromatic rings. The van der Waals surface area contributed by atoms with Crippen LogP contribution in [0.2, 0.25) is 0 Å². The molecule has 1 atom stereocenters. The molecule has 0 radical (unpaired) electrons. The van der Waals surface area contributed by atoms with Crippen LogP contribution in [-0.4, -0.2) is 31.4 Å². The largest absolute Gasteiger partial charge is 0.465 e. The molecule has 1 unspecified atom stereocenters. The van der Waals surface area contributed by atoms with Gasteiger partial charge in [-0.3, -0.25) is 4.79 Å². The number of thioether (sulfide) groups is 1. The number of ether oxygens (including phenoxy) is 1. The Morgan fingerprint density at radius 1 is 1.65 bits per heavy atom. The summed E-state index contributed by atoms with van der Waals surface area (Å²) in [5.74, 6) is 0.867. The summed E-state index contributed by atoms with van der Waals surface area (Å²) in [7, 11) is 0. The Hall–Kier alpha value is -0.520. The van der Waals surface area contributed by atoms with Crippen LogP contribution < -0.4 is 5.32 Å². The zero-order chi connectivity index (χ0) is 11.9. The van der Waals surface area contributed by atoms with Gasteiger partial charge in [-0.2, -0.15) is 0 Å². The minimum Gasteiger partial charge on any atom is -0.465 e. The number of carbonyl (C=O) groups excluding carboxylic acids is 1. The van der Waals surface area contributed by atoms with E-state index in [-0.39, 0.29) is 11.9 Å². The molecule has 5 heteroatoms. The van der Waals surface area contributed by atoms with Gasteiger partial charge in [0.25, 0.3) is 0 Å². The molecule has 2 heterocycles. The standard InChI is InChI=1S/C12H17NO2S2/c14-12(10-3-1-5-13-9-10)15-6-8-17-11-4-2-7-16-11/h2,4,7,10,13H,1,3,5-6,8-9H2. The van der Waals surface area contributed by atoms with E-state index >= 15 is 0 Å². The molecule has 94 valence electrons. The summed E-state index contributed by atoms with van der Waals surface area (Å²) in [6.45, 7) is 2.31. The summed E-state index contributed by atoms with van der Waals surface area (Å²) in [4.78, 5) is 11.7. The molecule has 1 aliphatic rings. The van der Waals surface area contributed by atoms with Gasteiger partial charge in [-0.15, -0.1) is 23.1 Å². The lowest BCUT2D eigenvalue weighted by Gasteiger charge is -2.20. The molecule has 1 aromatic heterocycles. The van der Waals surface area contributed by atoms with Crippen molar-refractivity contribution in [3.63, 3.8) is 0 Å². The first-order chi connectivity index (χ1) is 8.36. The third-order valence-electron chi connectivity index (χ3n) is 2.70. The second kappa shape index (κ2) is 7.03. The van der Waals surface area contributed by atoms with E-state index in [0.29, 0.717) is 6.61 Å². The van der Waals surface area contributed by atoms with Gasteiger partial charge in [-0.25, -0.2) is 0 Å². The van der Waals surface area contributed by atoms with Crippen molar-refractivity contribution >= 4 is 29.1 Å². The fourth-order valence-corrected chi connectivity index (χ4v) is 3.48. The maximum absolute atomic E-state index is 11.7. The molecule has 17 heavy (non-hydrogen) atoms. The number of hydrogen-bond donors (Lipinski definition) is 1. The number of hydrogen-bond acceptors (Lipinski definition) is 5. The van der Waals surface area contributed by atoms with Crippen LogP contribution in [0.3, 0.4) is 0 Å². The van der Waals surface area contributed by atoms with Gasteiger partial charge in [-0.1, -0.05) is 6.07 Å². The quantitative estimate of drug-likeness (QED) is 0.507. The molecule has 3 nitrogen and oxygen atoms in total. The number of rotatable bonds is 5. The number of nitrogens with one attached hydrogen (secondary N) is 1. The van der Waals surface area contributed by atoms with Crippen molar-refractivity contribution in [2.75, 3.05) is 25.4 Å². The Kier molecular flexibility index (Phi) is 5.35. The van der Waals surface area contributed by atoms with E-state index in [1.54, 1.807) is 23.1 Å². The minimum absolute atomic E-state index is 0.0380. The van der Waals surface area contributed by atoms with Crippen molar-refractivity contribution in [2.24, 2.45) is 5.92 Å². The Labute approximate surface area is 110 Å². The van der Waals surface area contributed by atoms with E-state index in [0.717, 1.165) is 31.7 Å². The summed E-state index contributed by atoms with van der Waals surface area (Å²) in [6.07, 6.45) is 2.04. The van der Waals surface area contributed by atoms with Crippen molar-refractivity contribution in [2.45, 2.75) is 17.1 Å². The lowest BCUT2D eigenvalue weighted by Crippen LogP contribution is -2.35. The van der Waals surface area contributed by atoms with Gasteiger partial charge in [0.2, 0.25) is 0 Å². The highest BCUT2D eigenvalue weighted by Crippen LogP contribution is 2.23. The van der Waals surface area contributed by atoms with Gasteiger partial charge in [-0.05, 0) is 30.8 Å². The van der Waals surface area contributed by atoms with Crippen LogP contribution in [0.25, 0.3) is 0 Å². The highest BCUT2D eigenvalue weighted by atomic mass is 32.2. The van der Waals surface area contributed by atoms with Crippen LogP contribution in [0.5, 0.6) is 0 Å². The predicted octanol–water partition coefficient (Wildman–Crippen LogP) is 2.38. The average Bonchev–Trinajstić information content (AvgIpc) is 2.88. The molecular formula is C12H17NO2S2. The molecular weight excluding hydrogens is 254 g/mol. The Balaban J connectivity index is 1.59. The highest BCUT2D eigenvalue weighted by molar-refractivity contribution is 8.01. The van der Waals surface area contributed by atoms with Gasteiger partial charge in [0.15, 0.2) is 0 Å². The summed E-state index contributed by atoms with van der Waals surface area (Å²) >= 11 is 3.46. The van der Waals surface area contributed by atoms with Gasteiger partial charge in [0.05, 0.1) is 10.1 Å². The summed E-state index contributed by atoms with van der Waals surface area (Å²) in [5, 5.41) is 5.28. The van der Waals surface area contributed by atoms with Crippen LogP contribution in [0.4, 0.5) is 0 Å². The molecule has 1 fully saturated rings. The van der Waals surface area contributed by atoms with E-state index in [4.69, 9.17) is 4.74 Å². The van der Waals surface area contributed by atoms with E-state index < -0.39 is 0 Å². The lowest BCUT2D eigenvalue weighted by molar-refractivity contribution is -0.148. The smallest absolute Gasteiger partial charge is 0.310 e. The van der Waals surface area contributed by atoms with Crippen molar-refractivity contribution in [1.82, 2.24) is 5.32 Å². The zero-order valence-corrected chi connectivity index (χ0v) is 11.3. The van der Waals surface area contributed by atoms with Crippen molar-refractivity contribution in [3.05, 3.63) is 17.5 Å². The van der Waals surface area contributed by atoms with Crippen LogP contribution in [0.1, 0.15) is 12.8 Å². The van der Waals surface area contributed by atoms with Crippen LogP contribution >= 0.6 is 23.1 Å². The van der Waals surface area contributed by atoms with Gasteiger partial charge >= 0.3 is 5.97 Å². The second-order valence-electron chi connectivity index (χ2n) is 3.99. The number of esters is 1. The zero-order valence-electron chi connectivity index (χ0n) is 9.69. The Morgan fingerprint density at radius 3 is 3.29 bits per heavy atom. The molecule has 0 aliphatic carbocycles. The third-order valence-corrected chi connectivity index (χ3v) is 4.79. The molecule has 0 amide bonds. The first kappa shape index (κ1) is 12.9. The second-order valence-corrected chi connectivity index (χ2v) is 6.33. The number of carbonyl (C=O) groups is 1. The molecule has 2 rings (SSSR count). The van der Waals surface area contributed by atoms with E-state index in [1.165, 1.54) is 4.21 Å². The van der Waals surface area contributed by atoms with Crippen LogP contribution in [-0.2, 0) is 9.53 Å². The van der Waals surface area contributed by atoms with Crippen molar-refractivity contribution < 1.29 is 9.53 Å². The summed E-state index contributed by atoms with van der Waals surface area (Å²) in [5.41, 5.74) is 0. The molecule has 1 saturated heterocycles. The lowest BCUT2D eigenvalue weighted by atomic mass is 10.0. The van der Waals surface area contributed by atoms with E-state index in [9.17, 15) is 4.79 Å². The third kappa shape index (κ3) is 4.33. The van der Waals surface area contributed by atoms with Crippen LogP contribution in [0.15, 0.2) is 21.7 Å². The monoisotopic (exact) mass is 271 g/mol. The molecule has 0 spiro atoms. The summed E-state index contributed by atoms with van der Waals surface area (Å²) < 4.78 is 6.56. The Morgan fingerprint density at radius 2 is 2.59 bits per heavy atom. The van der Waals surface area contributed by atoms with Crippen LogP contribution in [0, 0.1) is 5.92 Å². The van der Waals surface area contributed by atoms with E-state index in [2.05, 4.69) is 16.8 Å². The van der Waals surface area contributed by atoms with E-state index in [1.807, 2.05) is 6.07 Å². The maximum Gasteiger partial charge on any atom is 0.310 e. The number of thiophene rings is 1. The fraction of sp³-hybridized carbons (Fsp3) is 0.583. The topological polar surface area (TPSA) is 38.3 Å². The molecule has 0 saturated carbocycles. The SMILES string of the molecule is O=C(OCCSc1cccs1)C1CCCNC1. The predicted molar refractivity (Wildman–Crippen MR) is 71.6 cm³/mol. The average molecular weight is 271 g/mol. The Bertz CT molecular complexity index is 334.